The van der Waals surface area contributed by atoms with Gasteiger partial charge in [0.05, 0.1) is 10.9 Å². The number of carboxylic acid groups (broad SMARTS) is 1. The van der Waals surface area contributed by atoms with Crippen molar-refractivity contribution in [2.24, 2.45) is 0 Å². The Morgan fingerprint density at radius 1 is 1.57 bits per heavy atom. The molecule has 72 valence electrons. The highest BCUT2D eigenvalue weighted by molar-refractivity contribution is 7.19. The second-order valence-electron chi connectivity index (χ2n) is 2.78. The summed E-state index contributed by atoms with van der Waals surface area (Å²) >= 11 is 1.31. The van der Waals surface area contributed by atoms with Crippen LogP contribution in [0.15, 0.2) is 6.33 Å². The van der Waals surface area contributed by atoms with Crippen LogP contribution in [0.3, 0.4) is 0 Å². The molecule has 0 aliphatic carbocycles. The third-order valence-electron chi connectivity index (χ3n) is 1.91. The molecule has 0 amide bonds. The third kappa shape index (κ3) is 1.12. The van der Waals surface area contributed by atoms with Gasteiger partial charge in [-0.25, -0.2) is 14.8 Å². The number of aryl methyl sites for hydroxylation is 1. The molecule has 2 rings (SSSR count). The third-order valence-corrected chi connectivity index (χ3v) is 2.92. The molecule has 0 radical (unpaired) electrons. The fourth-order valence-corrected chi connectivity index (χ4v) is 2.31. The number of anilines is 1. The molecule has 0 saturated heterocycles. The molecular formula is C8H7N3O2S. The Balaban J connectivity index is 2.93. The van der Waals surface area contributed by atoms with Crippen molar-refractivity contribution in [3.05, 3.63) is 16.8 Å². The lowest BCUT2D eigenvalue weighted by Gasteiger charge is -1.96. The van der Waals surface area contributed by atoms with Gasteiger partial charge in [-0.05, 0) is 6.92 Å². The lowest BCUT2D eigenvalue weighted by atomic mass is 10.2. The number of hydrogen-bond donors (Lipinski definition) is 2. The molecule has 5 nitrogen and oxygen atoms in total. The Bertz CT molecular complexity index is 521. The first-order valence-electron chi connectivity index (χ1n) is 3.84. The van der Waals surface area contributed by atoms with E-state index in [1.54, 1.807) is 6.92 Å². The molecule has 0 spiro atoms. The average molecular weight is 209 g/mol. The van der Waals surface area contributed by atoms with Crippen molar-refractivity contribution in [1.82, 2.24) is 9.97 Å². The van der Waals surface area contributed by atoms with Gasteiger partial charge in [0, 0.05) is 4.88 Å². The molecule has 0 aromatic carbocycles. The Labute approximate surface area is 83.2 Å². The molecule has 2 aromatic heterocycles. The fraction of sp³-hybridized carbons (Fsp3) is 0.125. The van der Waals surface area contributed by atoms with Gasteiger partial charge in [-0.2, -0.15) is 0 Å². The SMILES string of the molecule is Cc1sc2ncnc(N)c2c1C(=O)O. The summed E-state index contributed by atoms with van der Waals surface area (Å²) in [5.41, 5.74) is 5.81. The summed E-state index contributed by atoms with van der Waals surface area (Å²) in [6, 6.07) is 0. The minimum absolute atomic E-state index is 0.211. The lowest BCUT2D eigenvalue weighted by molar-refractivity contribution is 0.0699. The molecular weight excluding hydrogens is 202 g/mol. The van der Waals surface area contributed by atoms with E-state index in [1.165, 1.54) is 17.7 Å². The van der Waals surface area contributed by atoms with Crippen LogP contribution in [-0.2, 0) is 0 Å². The highest BCUT2D eigenvalue weighted by Gasteiger charge is 2.18. The van der Waals surface area contributed by atoms with Crippen LogP contribution in [0.2, 0.25) is 0 Å². The van der Waals surface area contributed by atoms with Crippen molar-refractivity contribution in [2.45, 2.75) is 6.92 Å². The van der Waals surface area contributed by atoms with Gasteiger partial charge in [-0.15, -0.1) is 11.3 Å². The minimum atomic E-state index is -0.991. The molecule has 0 unspecified atom stereocenters. The van der Waals surface area contributed by atoms with Gasteiger partial charge >= 0.3 is 5.97 Å². The van der Waals surface area contributed by atoms with E-state index in [0.717, 1.165) is 0 Å². The maximum Gasteiger partial charge on any atom is 0.337 e. The Morgan fingerprint density at radius 3 is 2.93 bits per heavy atom. The molecule has 0 fully saturated rings. The van der Waals surface area contributed by atoms with Crippen LogP contribution < -0.4 is 5.73 Å². The monoisotopic (exact) mass is 209 g/mol. The van der Waals surface area contributed by atoms with Crippen molar-refractivity contribution in [3.63, 3.8) is 0 Å². The number of nitrogens with zero attached hydrogens (tertiary/aromatic N) is 2. The van der Waals surface area contributed by atoms with E-state index in [0.29, 0.717) is 15.1 Å². The molecule has 2 aromatic rings. The van der Waals surface area contributed by atoms with E-state index in [9.17, 15) is 4.79 Å². The number of rotatable bonds is 1. The van der Waals surface area contributed by atoms with E-state index in [2.05, 4.69) is 9.97 Å². The highest BCUT2D eigenvalue weighted by Crippen LogP contribution is 2.31. The zero-order valence-corrected chi connectivity index (χ0v) is 8.13. The Kier molecular flexibility index (Phi) is 1.85. The highest BCUT2D eigenvalue weighted by atomic mass is 32.1. The summed E-state index contributed by atoms with van der Waals surface area (Å²) in [7, 11) is 0. The molecule has 0 saturated carbocycles. The molecule has 6 heteroatoms. The summed E-state index contributed by atoms with van der Waals surface area (Å²) < 4.78 is 0. The number of carboxylic acids is 1. The van der Waals surface area contributed by atoms with Crippen LogP contribution in [0, 0.1) is 6.92 Å². The molecule has 0 atom stereocenters. The smallest absolute Gasteiger partial charge is 0.337 e. The number of nitrogens with two attached hydrogens (primary N) is 1. The van der Waals surface area contributed by atoms with E-state index < -0.39 is 5.97 Å². The molecule has 0 bridgehead atoms. The zero-order chi connectivity index (χ0) is 10.3. The maximum absolute atomic E-state index is 10.9. The largest absolute Gasteiger partial charge is 0.478 e. The number of aromatic carboxylic acids is 1. The van der Waals surface area contributed by atoms with Crippen LogP contribution in [0.5, 0.6) is 0 Å². The van der Waals surface area contributed by atoms with Gasteiger partial charge in [0.15, 0.2) is 0 Å². The summed E-state index contributed by atoms with van der Waals surface area (Å²) in [5.74, 6) is -0.771. The predicted octanol–water partition coefficient (Wildman–Crippen LogP) is 1.28. The molecule has 0 aliphatic rings. The number of hydrogen-bond acceptors (Lipinski definition) is 5. The number of carbonyl (C=O) groups is 1. The average Bonchev–Trinajstić information content (AvgIpc) is 2.42. The molecule has 3 N–H and O–H groups in total. The van der Waals surface area contributed by atoms with Crippen molar-refractivity contribution in [2.75, 3.05) is 5.73 Å². The van der Waals surface area contributed by atoms with Gasteiger partial charge < -0.3 is 10.8 Å². The van der Waals surface area contributed by atoms with Gasteiger partial charge in [-0.3, -0.25) is 0 Å². The number of nitrogen functional groups attached to an aromatic ring is 1. The summed E-state index contributed by atoms with van der Waals surface area (Å²) in [6.45, 7) is 1.73. The Hall–Kier alpha value is -1.69. The lowest BCUT2D eigenvalue weighted by Crippen LogP contribution is -2.00. The topological polar surface area (TPSA) is 89.1 Å². The summed E-state index contributed by atoms with van der Waals surface area (Å²) in [5, 5.41) is 9.42. The van der Waals surface area contributed by atoms with Crippen molar-refractivity contribution in [3.8, 4) is 0 Å². The van der Waals surface area contributed by atoms with Crippen molar-refractivity contribution in [1.29, 1.82) is 0 Å². The van der Waals surface area contributed by atoms with Gasteiger partial charge in [0.1, 0.15) is 17.0 Å². The van der Waals surface area contributed by atoms with E-state index >= 15 is 0 Å². The van der Waals surface area contributed by atoms with Crippen molar-refractivity contribution >= 4 is 33.3 Å². The van der Waals surface area contributed by atoms with Gasteiger partial charge in [0.25, 0.3) is 0 Å². The second-order valence-corrected chi connectivity index (χ2v) is 3.98. The quantitative estimate of drug-likeness (QED) is 0.738. The van der Waals surface area contributed by atoms with E-state index in [-0.39, 0.29) is 11.4 Å². The number of thiophene rings is 1. The zero-order valence-electron chi connectivity index (χ0n) is 7.31. The van der Waals surface area contributed by atoms with Gasteiger partial charge in [0.2, 0.25) is 0 Å². The standard InChI is InChI=1S/C8H7N3O2S/c1-3-4(8(12)13)5-6(9)10-2-11-7(5)14-3/h2H,1H3,(H,12,13)(H2,9,10,11). The fourth-order valence-electron chi connectivity index (χ4n) is 1.32. The molecule has 0 aliphatic heterocycles. The minimum Gasteiger partial charge on any atom is -0.478 e. The first-order chi connectivity index (χ1) is 6.61. The molecule has 14 heavy (non-hydrogen) atoms. The number of fused-ring (bicyclic) bond motifs is 1. The van der Waals surface area contributed by atoms with Crippen LogP contribution in [0.1, 0.15) is 15.2 Å². The van der Waals surface area contributed by atoms with Crippen LogP contribution >= 0.6 is 11.3 Å². The number of aromatic nitrogens is 2. The summed E-state index contributed by atoms with van der Waals surface area (Å²) in [6.07, 6.45) is 1.33. The predicted molar refractivity (Wildman–Crippen MR) is 53.5 cm³/mol. The first kappa shape index (κ1) is 8.89. The Morgan fingerprint density at radius 2 is 2.29 bits per heavy atom. The normalized spacial score (nSPS) is 10.6. The first-order valence-corrected chi connectivity index (χ1v) is 4.65. The van der Waals surface area contributed by atoms with Crippen LogP contribution in [-0.4, -0.2) is 21.0 Å². The second kappa shape index (κ2) is 2.91. The van der Waals surface area contributed by atoms with Crippen LogP contribution in [0.25, 0.3) is 10.2 Å². The van der Waals surface area contributed by atoms with E-state index in [4.69, 9.17) is 10.8 Å². The molecule has 2 heterocycles. The van der Waals surface area contributed by atoms with Gasteiger partial charge in [-0.1, -0.05) is 0 Å². The van der Waals surface area contributed by atoms with E-state index in [1.807, 2.05) is 0 Å². The summed E-state index contributed by atoms with van der Waals surface area (Å²) in [4.78, 5) is 20.0. The van der Waals surface area contributed by atoms with Crippen LogP contribution in [0.4, 0.5) is 5.82 Å². The van der Waals surface area contributed by atoms with Crippen molar-refractivity contribution < 1.29 is 9.90 Å². The maximum atomic E-state index is 10.9.